The molecule has 0 fully saturated rings. The highest BCUT2D eigenvalue weighted by Gasteiger charge is 2.15. The van der Waals surface area contributed by atoms with Gasteiger partial charge in [-0.05, 0) is 67.6 Å². The third-order valence-electron chi connectivity index (χ3n) is 6.02. The smallest absolute Gasteiger partial charge is 0.303 e. The highest BCUT2D eigenvalue weighted by Crippen LogP contribution is 2.28. The van der Waals surface area contributed by atoms with Crippen LogP contribution in [0, 0.1) is 5.82 Å². The van der Waals surface area contributed by atoms with Crippen molar-refractivity contribution in [3.8, 4) is 11.1 Å². The summed E-state index contributed by atoms with van der Waals surface area (Å²) in [6, 6.07) is 23.3. The average Bonchev–Trinajstić information content (AvgIpc) is 2.86. The molecule has 1 amide bonds. The van der Waals surface area contributed by atoms with Crippen molar-refractivity contribution in [2.24, 2.45) is 0 Å². The van der Waals surface area contributed by atoms with Gasteiger partial charge in [0, 0.05) is 28.6 Å². The lowest BCUT2D eigenvalue weighted by Crippen LogP contribution is -2.26. The van der Waals surface area contributed by atoms with Gasteiger partial charge in [0.05, 0.1) is 11.6 Å². The Hall–Kier alpha value is -4.06. The number of halogens is 1. The number of rotatable bonds is 9. The summed E-state index contributed by atoms with van der Waals surface area (Å²) in [4.78, 5) is 28.7. The Morgan fingerprint density at radius 1 is 0.971 bits per heavy atom. The maximum atomic E-state index is 13.2. The number of carboxylic acid groups (broad SMARTS) is 1. The number of amides is 1. The zero-order valence-corrected chi connectivity index (χ0v) is 19.5. The van der Waals surface area contributed by atoms with Gasteiger partial charge in [0.25, 0.3) is 5.91 Å². The predicted molar refractivity (Wildman–Crippen MR) is 135 cm³/mol. The Bertz CT molecular complexity index is 1340. The van der Waals surface area contributed by atoms with Gasteiger partial charge >= 0.3 is 5.97 Å². The molecule has 0 aliphatic rings. The molecule has 3 aromatic carbocycles. The highest BCUT2D eigenvalue weighted by atomic mass is 19.1. The van der Waals surface area contributed by atoms with Gasteiger partial charge in [-0.3, -0.25) is 14.6 Å². The highest BCUT2D eigenvalue weighted by molar-refractivity contribution is 5.98. The number of carboxylic acids is 1. The first kappa shape index (κ1) is 24.1. The number of aryl methyl sites for hydroxylation is 1. The average molecular weight is 471 g/mol. The van der Waals surface area contributed by atoms with Crippen molar-refractivity contribution in [2.75, 3.05) is 0 Å². The Kier molecular flexibility index (Phi) is 7.51. The Morgan fingerprint density at radius 2 is 1.71 bits per heavy atom. The van der Waals surface area contributed by atoms with Crippen LogP contribution >= 0.6 is 0 Å². The number of nitrogens with one attached hydrogen (secondary N) is 1. The molecule has 0 aliphatic carbocycles. The molecule has 1 heterocycles. The lowest BCUT2D eigenvalue weighted by Gasteiger charge is -2.15. The molecule has 178 valence electrons. The van der Waals surface area contributed by atoms with Gasteiger partial charge in [-0.25, -0.2) is 4.39 Å². The molecule has 0 saturated carbocycles. The van der Waals surface area contributed by atoms with Crippen LogP contribution in [-0.2, 0) is 11.2 Å². The lowest BCUT2D eigenvalue weighted by molar-refractivity contribution is -0.137. The molecule has 1 aromatic heterocycles. The van der Waals surface area contributed by atoms with E-state index in [-0.39, 0.29) is 24.2 Å². The van der Waals surface area contributed by atoms with E-state index in [1.54, 1.807) is 24.3 Å². The van der Waals surface area contributed by atoms with E-state index in [2.05, 4.69) is 11.4 Å². The summed E-state index contributed by atoms with van der Waals surface area (Å²) in [6.07, 6.45) is 2.06. The van der Waals surface area contributed by atoms with Crippen LogP contribution in [0.25, 0.3) is 22.0 Å². The van der Waals surface area contributed by atoms with Crippen LogP contribution in [0.4, 0.5) is 4.39 Å². The fourth-order valence-electron chi connectivity index (χ4n) is 4.09. The first-order chi connectivity index (χ1) is 16.9. The summed E-state index contributed by atoms with van der Waals surface area (Å²) in [6.45, 7) is 1.85. The third kappa shape index (κ3) is 6.09. The first-order valence-corrected chi connectivity index (χ1v) is 11.7. The summed E-state index contributed by atoms with van der Waals surface area (Å²) in [5, 5.41) is 12.8. The molecule has 0 aliphatic heterocycles. The quantitative estimate of drug-likeness (QED) is 0.280. The molecule has 2 N–H and O–H groups in total. The standard InChI is InChI=1S/C29H27FN2O3/c1-19(20-13-15-24(30)16-14-20)31-29(35)23-12-11-22-17-25(21-7-3-2-4-8-21)26(32-27(22)18-23)9-5-6-10-28(33)34/h2-4,7-8,11-19H,5-6,9-10H2,1H3,(H,31,35)(H,33,34). The Morgan fingerprint density at radius 3 is 2.43 bits per heavy atom. The number of nitrogens with zero attached hydrogens (tertiary/aromatic N) is 1. The van der Waals surface area contributed by atoms with E-state index in [9.17, 15) is 14.0 Å². The normalized spacial score (nSPS) is 11.8. The lowest BCUT2D eigenvalue weighted by atomic mass is 9.97. The van der Waals surface area contributed by atoms with Crippen molar-refractivity contribution >= 4 is 22.8 Å². The topological polar surface area (TPSA) is 79.3 Å². The maximum absolute atomic E-state index is 13.2. The second-order valence-corrected chi connectivity index (χ2v) is 8.60. The first-order valence-electron chi connectivity index (χ1n) is 11.7. The number of unbranched alkanes of at least 4 members (excludes halogenated alkanes) is 1. The molecule has 35 heavy (non-hydrogen) atoms. The van der Waals surface area contributed by atoms with Crippen LogP contribution < -0.4 is 5.32 Å². The van der Waals surface area contributed by atoms with Crippen molar-refractivity contribution in [3.63, 3.8) is 0 Å². The number of hydrogen-bond acceptors (Lipinski definition) is 3. The van der Waals surface area contributed by atoms with E-state index in [4.69, 9.17) is 10.1 Å². The summed E-state index contributed by atoms with van der Waals surface area (Å²) >= 11 is 0. The van der Waals surface area contributed by atoms with E-state index < -0.39 is 5.97 Å². The fraction of sp³-hybridized carbons (Fsp3) is 0.207. The summed E-state index contributed by atoms with van der Waals surface area (Å²) in [5.41, 5.74) is 4.95. The predicted octanol–water partition coefficient (Wildman–Crippen LogP) is 6.33. The number of aliphatic carboxylic acids is 1. The van der Waals surface area contributed by atoms with Crippen molar-refractivity contribution in [1.82, 2.24) is 10.3 Å². The van der Waals surface area contributed by atoms with Gasteiger partial charge in [0.2, 0.25) is 0 Å². The van der Waals surface area contributed by atoms with Crippen molar-refractivity contribution < 1.29 is 19.1 Å². The van der Waals surface area contributed by atoms with Gasteiger partial charge in [0.15, 0.2) is 0 Å². The molecule has 0 spiro atoms. The van der Waals surface area contributed by atoms with Gasteiger partial charge < -0.3 is 10.4 Å². The molecule has 6 heteroatoms. The molecule has 0 saturated heterocycles. The van der Waals surface area contributed by atoms with Crippen LogP contribution in [-0.4, -0.2) is 22.0 Å². The number of carbonyl (C=O) groups excluding carboxylic acids is 1. The van der Waals surface area contributed by atoms with Crippen LogP contribution in [0.1, 0.15) is 53.8 Å². The molecule has 4 rings (SSSR count). The number of aromatic nitrogens is 1. The van der Waals surface area contributed by atoms with Crippen LogP contribution in [0.2, 0.25) is 0 Å². The summed E-state index contributed by atoms with van der Waals surface area (Å²) in [7, 11) is 0. The van der Waals surface area contributed by atoms with E-state index in [0.29, 0.717) is 30.3 Å². The molecule has 0 bridgehead atoms. The van der Waals surface area contributed by atoms with Crippen LogP contribution in [0.5, 0.6) is 0 Å². The zero-order chi connectivity index (χ0) is 24.8. The fourth-order valence-corrected chi connectivity index (χ4v) is 4.09. The monoisotopic (exact) mass is 470 g/mol. The Labute approximate surface area is 203 Å². The number of hydrogen-bond donors (Lipinski definition) is 2. The van der Waals surface area contributed by atoms with E-state index >= 15 is 0 Å². The van der Waals surface area contributed by atoms with Gasteiger partial charge in [-0.15, -0.1) is 0 Å². The van der Waals surface area contributed by atoms with Crippen molar-refractivity contribution in [3.05, 3.63) is 102 Å². The molecule has 0 radical (unpaired) electrons. The second kappa shape index (κ2) is 10.9. The molecule has 5 nitrogen and oxygen atoms in total. The SMILES string of the molecule is CC(NC(=O)c1ccc2cc(-c3ccccc3)c(CCCCC(=O)O)nc2c1)c1ccc(F)cc1. The minimum absolute atomic E-state index is 0.130. The van der Waals surface area contributed by atoms with Crippen LogP contribution in [0.3, 0.4) is 0 Å². The van der Waals surface area contributed by atoms with E-state index in [0.717, 1.165) is 27.8 Å². The number of fused-ring (bicyclic) bond motifs is 1. The molecular formula is C29H27FN2O3. The zero-order valence-electron chi connectivity index (χ0n) is 19.5. The van der Waals surface area contributed by atoms with E-state index in [1.807, 2.05) is 43.3 Å². The summed E-state index contributed by atoms with van der Waals surface area (Å²) in [5.74, 6) is -1.35. The van der Waals surface area contributed by atoms with Gasteiger partial charge in [0.1, 0.15) is 5.82 Å². The van der Waals surface area contributed by atoms with Crippen LogP contribution in [0.15, 0.2) is 78.9 Å². The number of carbonyl (C=O) groups is 2. The minimum Gasteiger partial charge on any atom is -0.481 e. The third-order valence-corrected chi connectivity index (χ3v) is 6.02. The van der Waals surface area contributed by atoms with Crippen molar-refractivity contribution in [2.45, 2.75) is 38.6 Å². The molecule has 1 unspecified atom stereocenters. The summed E-state index contributed by atoms with van der Waals surface area (Å²) < 4.78 is 13.2. The van der Waals surface area contributed by atoms with E-state index in [1.165, 1.54) is 12.1 Å². The minimum atomic E-state index is -0.801. The second-order valence-electron chi connectivity index (χ2n) is 8.60. The Balaban J connectivity index is 1.61. The number of benzene rings is 3. The van der Waals surface area contributed by atoms with Gasteiger partial charge in [-0.1, -0.05) is 48.5 Å². The molecule has 4 aromatic rings. The largest absolute Gasteiger partial charge is 0.481 e. The number of pyridine rings is 1. The maximum Gasteiger partial charge on any atom is 0.303 e. The molecular weight excluding hydrogens is 443 g/mol. The molecule has 1 atom stereocenters. The van der Waals surface area contributed by atoms with Crippen molar-refractivity contribution in [1.29, 1.82) is 0 Å². The van der Waals surface area contributed by atoms with Gasteiger partial charge in [-0.2, -0.15) is 0 Å².